The van der Waals surface area contributed by atoms with E-state index < -0.39 is 0 Å². The highest BCUT2D eigenvalue weighted by Gasteiger charge is 2.06. The Kier molecular flexibility index (Phi) is 3.06. The Morgan fingerprint density at radius 2 is 1.94 bits per heavy atom. The van der Waals surface area contributed by atoms with Gasteiger partial charge in [0.1, 0.15) is 5.82 Å². The molecule has 2 aromatic rings. The average Bonchev–Trinajstić information content (AvgIpc) is 2.71. The van der Waals surface area contributed by atoms with Gasteiger partial charge < -0.3 is 10.7 Å². The van der Waals surface area contributed by atoms with Gasteiger partial charge in [0, 0.05) is 17.8 Å². The molecule has 0 aliphatic rings. The summed E-state index contributed by atoms with van der Waals surface area (Å²) in [5.41, 5.74) is 10.0. The van der Waals surface area contributed by atoms with Gasteiger partial charge in [-0.2, -0.15) is 0 Å². The Morgan fingerprint density at radius 3 is 2.44 bits per heavy atom. The second kappa shape index (κ2) is 4.49. The Hall–Kier alpha value is -1.61. The Morgan fingerprint density at radius 1 is 1.25 bits per heavy atom. The van der Waals surface area contributed by atoms with Crippen LogP contribution in [0.1, 0.15) is 23.9 Å². The predicted octanol–water partition coefficient (Wildman–Crippen LogP) is 2.41. The standard InChI is InChI=1S/C13H17N3/c1-3-10-4-6-11(7-5-10)13-15-9(2)12(8-14)16-13/h4-7H,3,8,14H2,1-2H3,(H,15,16). The van der Waals surface area contributed by atoms with Crippen LogP contribution in [0.4, 0.5) is 0 Å². The molecule has 0 spiro atoms. The maximum absolute atomic E-state index is 5.61. The molecule has 0 atom stereocenters. The van der Waals surface area contributed by atoms with Gasteiger partial charge in [0.2, 0.25) is 0 Å². The molecule has 3 heteroatoms. The Balaban J connectivity index is 2.34. The maximum Gasteiger partial charge on any atom is 0.137 e. The van der Waals surface area contributed by atoms with Crippen LogP contribution in [0.5, 0.6) is 0 Å². The molecule has 0 aliphatic carbocycles. The molecular formula is C13H17N3. The number of benzene rings is 1. The molecule has 3 N–H and O–H groups in total. The normalized spacial score (nSPS) is 10.7. The number of H-pyrrole nitrogens is 1. The van der Waals surface area contributed by atoms with Crippen molar-refractivity contribution in [2.24, 2.45) is 5.73 Å². The molecule has 0 saturated heterocycles. The number of imidazole rings is 1. The van der Waals surface area contributed by atoms with Crippen molar-refractivity contribution >= 4 is 0 Å². The van der Waals surface area contributed by atoms with Crippen LogP contribution in [0.2, 0.25) is 0 Å². The van der Waals surface area contributed by atoms with E-state index in [-0.39, 0.29) is 0 Å². The molecule has 1 aromatic carbocycles. The lowest BCUT2D eigenvalue weighted by Crippen LogP contribution is -1.98. The van der Waals surface area contributed by atoms with Gasteiger partial charge in [-0.15, -0.1) is 0 Å². The molecule has 0 unspecified atom stereocenters. The number of hydrogen-bond donors (Lipinski definition) is 2. The predicted molar refractivity (Wildman–Crippen MR) is 66.0 cm³/mol. The van der Waals surface area contributed by atoms with E-state index in [1.165, 1.54) is 5.56 Å². The molecule has 1 aromatic heterocycles. The molecule has 2 rings (SSSR count). The SMILES string of the molecule is CCc1ccc(-c2nc(CN)c(C)[nH]2)cc1. The van der Waals surface area contributed by atoms with Crippen LogP contribution < -0.4 is 5.73 Å². The van der Waals surface area contributed by atoms with Crippen LogP contribution in [-0.4, -0.2) is 9.97 Å². The number of nitrogens with zero attached hydrogens (tertiary/aromatic N) is 1. The molecule has 0 fully saturated rings. The van der Waals surface area contributed by atoms with E-state index in [4.69, 9.17) is 5.73 Å². The first-order chi connectivity index (χ1) is 7.74. The number of hydrogen-bond acceptors (Lipinski definition) is 2. The molecule has 0 saturated carbocycles. The van der Waals surface area contributed by atoms with Crippen LogP contribution in [0.3, 0.4) is 0 Å². The number of rotatable bonds is 3. The topological polar surface area (TPSA) is 54.7 Å². The molecule has 0 radical (unpaired) electrons. The number of aromatic nitrogens is 2. The second-order valence-electron chi connectivity index (χ2n) is 3.91. The van der Waals surface area contributed by atoms with Crippen molar-refractivity contribution in [2.45, 2.75) is 26.8 Å². The lowest BCUT2D eigenvalue weighted by molar-refractivity contribution is 0.993. The van der Waals surface area contributed by atoms with Gasteiger partial charge in [-0.1, -0.05) is 31.2 Å². The molecule has 84 valence electrons. The molecule has 0 bridgehead atoms. The highest BCUT2D eigenvalue weighted by molar-refractivity contribution is 5.56. The number of aryl methyl sites for hydroxylation is 2. The molecule has 0 amide bonds. The van der Waals surface area contributed by atoms with Crippen molar-refractivity contribution in [2.75, 3.05) is 0 Å². The molecule has 16 heavy (non-hydrogen) atoms. The Labute approximate surface area is 95.7 Å². The van der Waals surface area contributed by atoms with Gasteiger partial charge in [-0.3, -0.25) is 0 Å². The third kappa shape index (κ3) is 1.99. The zero-order valence-corrected chi connectivity index (χ0v) is 9.75. The minimum Gasteiger partial charge on any atom is -0.342 e. The molecule has 3 nitrogen and oxygen atoms in total. The molecule has 0 aliphatic heterocycles. The summed E-state index contributed by atoms with van der Waals surface area (Å²) < 4.78 is 0. The van der Waals surface area contributed by atoms with E-state index in [9.17, 15) is 0 Å². The first-order valence-electron chi connectivity index (χ1n) is 5.59. The van der Waals surface area contributed by atoms with Crippen molar-refractivity contribution in [3.05, 3.63) is 41.2 Å². The third-order valence-electron chi connectivity index (χ3n) is 2.81. The van der Waals surface area contributed by atoms with E-state index in [1.807, 2.05) is 6.92 Å². The van der Waals surface area contributed by atoms with Crippen molar-refractivity contribution in [3.63, 3.8) is 0 Å². The van der Waals surface area contributed by atoms with Crippen molar-refractivity contribution in [1.29, 1.82) is 0 Å². The largest absolute Gasteiger partial charge is 0.342 e. The average molecular weight is 215 g/mol. The zero-order chi connectivity index (χ0) is 11.5. The summed E-state index contributed by atoms with van der Waals surface area (Å²) in [6, 6.07) is 8.46. The summed E-state index contributed by atoms with van der Waals surface area (Å²) in [5.74, 6) is 0.903. The number of aromatic amines is 1. The summed E-state index contributed by atoms with van der Waals surface area (Å²) in [7, 11) is 0. The lowest BCUT2D eigenvalue weighted by Gasteiger charge is -1.99. The van der Waals surface area contributed by atoms with E-state index >= 15 is 0 Å². The fourth-order valence-electron chi connectivity index (χ4n) is 1.73. The summed E-state index contributed by atoms with van der Waals surface area (Å²) in [6.45, 7) is 4.63. The van der Waals surface area contributed by atoms with E-state index in [1.54, 1.807) is 0 Å². The van der Waals surface area contributed by atoms with Crippen LogP contribution >= 0.6 is 0 Å². The van der Waals surface area contributed by atoms with E-state index in [0.29, 0.717) is 6.54 Å². The monoisotopic (exact) mass is 215 g/mol. The van der Waals surface area contributed by atoms with Gasteiger partial charge >= 0.3 is 0 Å². The Bertz CT molecular complexity index is 468. The molecular weight excluding hydrogens is 198 g/mol. The second-order valence-corrected chi connectivity index (χ2v) is 3.91. The minimum atomic E-state index is 0.482. The highest BCUT2D eigenvalue weighted by Crippen LogP contribution is 2.18. The lowest BCUT2D eigenvalue weighted by atomic mass is 10.1. The van der Waals surface area contributed by atoms with Crippen LogP contribution in [0.15, 0.2) is 24.3 Å². The van der Waals surface area contributed by atoms with Crippen molar-refractivity contribution in [1.82, 2.24) is 9.97 Å². The van der Waals surface area contributed by atoms with Crippen molar-refractivity contribution in [3.8, 4) is 11.4 Å². The van der Waals surface area contributed by atoms with Crippen LogP contribution in [-0.2, 0) is 13.0 Å². The first-order valence-corrected chi connectivity index (χ1v) is 5.59. The van der Waals surface area contributed by atoms with Gasteiger partial charge in [-0.25, -0.2) is 4.98 Å². The highest BCUT2D eigenvalue weighted by atomic mass is 14.9. The smallest absolute Gasteiger partial charge is 0.137 e. The van der Waals surface area contributed by atoms with Crippen molar-refractivity contribution < 1.29 is 0 Å². The van der Waals surface area contributed by atoms with Gasteiger partial charge in [0.05, 0.1) is 5.69 Å². The number of nitrogens with one attached hydrogen (secondary N) is 1. The fourth-order valence-corrected chi connectivity index (χ4v) is 1.73. The number of nitrogens with two attached hydrogens (primary N) is 1. The van der Waals surface area contributed by atoms with E-state index in [2.05, 4.69) is 41.2 Å². The zero-order valence-electron chi connectivity index (χ0n) is 9.75. The maximum atomic E-state index is 5.61. The summed E-state index contributed by atoms with van der Waals surface area (Å²) in [6.07, 6.45) is 1.06. The van der Waals surface area contributed by atoms with E-state index in [0.717, 1.165) is 29.2 Å². The first kappa shape index (κ1) is 10.9. The summed E-state index contributed by atoms with van der Waals surface area (Å²) >= 11 is 0. The van der Waals surface area contributed by atoms with Gasteiger partial charge in [0.15, 0.2) is 0 Å². The fraction of sp³-hybridized carbons (Fsp3) is 0.308. The summed E-state index contributed by atoms with van der Waals surface area (Å²) in [4.78, 5) is 7.73. The molecule has 1 heterocycles. The van der Waals surface area contributed by atoms with Crippen LogP contribution in [0, 0.1) is 6.92 Å². The third-order valence-corrected chi connectivity index (χ3v) is 2.81. The van der Waals surface area contributed by atoms with Gasteiger partial charge in [0.25, 0.3) is 0 Å². The summed E-state index contributed by atoms with van der Waals surface area (Å²) in [5, 5.41) is 0. The van der Waals surface area contributed by atoms with Gasteiger partial charge in [-0.05, 0) is 18.9 Å². The minimum absolute atomic E-state index is 0.482. The quantitative estimate of drug-likeness (QED) is 0.826. The van der Waals surface area contributed by atoms with Crippen LogP contribution in [0.25, 0.3) is 11.4 Å².